The van der Waals surface area contributed by atoms with E-state index in [1.165, 1.54) is 23.9 Å². The zero-order valence-electron chi connectivity index (χ0n) is 12.5. The zero-order valence-corrected chi connectivity index (χ0v) is 13.3. The van der Waals surface area contributed by atoms with E-state index in [0.717, 1.165) is 13.0 Å². The van der Waals surface area contributed by atoms with Crippen molar-refractivity contribution in [1.82, 2.24) is 24.2 Å². The molecular weight excluding hydrogens is 306 g/mol. The lowest BCUT2D eigenvalue weighted by Gasteiger charge is -2.06. The summed E-state index contributed by atoms with van der Waals surface area (Å²) in [4.78, 5) is 16.1. The molecule has 22 heavy (non-hydrogen) atoms. The first-order valence-electron chi connectivity index (χ1n) is 6.78. The molecule has 0 aliphatic carbocycles. The van der Waals surface area contributed by atoms with E-state index in [1.54, 1.807) is 19.6 Å². The fourth-order valence-electron chi connectivity index (χ4n) is 2.00. The van der Waals surface area contributed by atoms with Gasteiger partial charge in [0.25, 0.3) is 5.91 Å². The number of carbonyl (C=O) groups is 1. The molecule has 2 heterocycles. The number of hydrogen-bond donors (Lipinski definition) is 2. The molecule has 0 spiro atoms. The second kappa shape index (κ2) is 6.75. The minimum Gasteiger partial charge on any atom is -0.351 e. The van der Waals surface area contributed by atoms with Crippen LogP contribution in [0.4, 0.5) is 0 Å². The number of hydrogen-bond acceptors (Lipinski definition) is 4. The normalized spacial score (nSPS) is 11.5. The largest absolute Gasteiger partial charge is 0.351 e. The summed E-state index contributed by atoms with van der Waals surface area (Å²) in [5, 5.41) is 2.78. The predicted octanol–water partition coefficient (Wildman–Crippen LogP) is -0.0502. The number of amides is 1. The van der Waals surface area contributed by atoms with Crippen LogP contribution in [0.5, 0.6) is 0 Å². The lowest BCUT2D eigenvalue weighted by Crippen LogP contribution is -2.26. The third kappa shape index (κ3) is 3.74. The minimum absolute atomic E-state index is 0.0704. The van der Waals surface area contributed by atoms with Crippen molar-refractivity contribution in [3.05, 3.63) is 36.7 Å². The van der Waals surface area contributed by atoms with Crippen LogP contribution >= 0.6 is 0 Å². The molecule has 2 N–H and O–H groups in total. The summed E-state index contributed by atoms with van der Waals surface area (Å²) < 4.78 is 29.1. The summed E-state index contributed by atoms with van der Waals surface area (Å²) in [5.41, 5.74) is 0.302. The first-order valence-corrected chi connectivity index (χ1v) is 8.26. The average Bonchev–Trinajstić information content (AvgIpc) is 3.13. The van der Waals surface area contributed by atoms with Crippen molar-refractivity contribution in [2.45, 2.75) is 17.9 Å². The topological polar surface area (TPSA) is 98.0 Å². The van der Waals surface area contributed by atoms with Gasteiger partial charge in [-0.25, -0.2) is 18.1 Å². The lowest BCUT2D eigenvalue weighted by atomic mass is 10.3. The Morgan fingerprint density at radius 3 is 2.82 bits per heavy atom. The highest BCUT2D eigenvalue weighted by Crippen LogP contribution is 2.12. The number of aromatic nitrogens is 3. The predicted molar refractivity (Wildman–Crippen MR) is 80.8 cm³/mol. The summed E-state index contributed by atoms with van der Waals surface area (Å²) in [6.07, 6.45) is 7.44. The monoisotopic (exact) mass is 325 g/mol. The summed E-state index contributed by atoms with van der Waals surface area (Å²) in [6.45, 7) is 1.25. The van der Waals surface area contributed by atoms with Crippen LogP contribution < -0.4 is 10.0 Å². The first kappa shape index (κ1) is 16.2. The molecule has 0 saturated carbocycles. The van der Waals surface area contributed by atoms with Gasteiger partial charge in [0.05, 0.1) is 6.33 Å². The number of sulfonamides is 1. The molecule has 0 aliphatic heterocycles. The highest BCUT2D eigenvalue weighted by atomic mass is 32.2. The Morgan fingerprint density at radius 2 is 2.18 bits per heavy atom. The van der Waals surface area contributed by atoms with Gasteiger partial charge in [0.1, 0.15) is 10.6 Å². The smallest absolute Gasteiger partial charge is 0.267 e. The number of aryl methyl sites for hydroxylation is 2. The Hall–Kier alpha value is -2.13. The molecular formula is C13H19N5O3S. The van der Waals surface area contributed by atoms with E-state index < -0.39 is 10.0 Å². The summed E-state index contributed by atoms with van der Waals surface area (Å²) >= 11 is 0. The fraction of sp³-hybridized carbons (Fsp3) is 0.385. The van der Waals surface area contributed by atoms with Gasteiger partial charge >= 0.3 is 0 Å². The van der Waals surface area contributed by atoms with Gasteiger partial charge in [0.2, 0.25) is 10.0 Å². The third-order valence-electron chi connectivity index (χ3n) is 3.23. The maximum atomic E-state index is 12.1. The molecule has 120 valence electrons. The molecule has 0 radical (unpaired) electrons. The van der Waals surface area contributed by atoms with Crippen LogP contribution in [0, 0.1) is 0 Å². The second-order valence-electron chi connectivity index (χ2n) is 4.79. The molecule has 0 saturated heterocycles. The van der Waals surface area contributed by atoms with Crippen LogP contribution in [0.15, 0.2) is 35.9 Å². The quantitative estimate of drug-likeness (QED) is 0.697. The van der Waals surface area contributed by atoms with Gasteiger partial charge in [-0.1, -0.05) is 0 Å². The van der Waals surface area contributed by atoms with Crippen molar-refractivity contribution in [1.29, 1.82) is 0 Å². The number of nitrogens with one attached hydrogen (secondary N) is 2. The van der Waals surface area contributed by atoms with E-state index in [4.69, 9.17) is 0 Å². The summed E-state index contributed by atoms with van der Waals surface area (Å²) in [7, 11) is -0.584. The SMILES string of the molecule is CNS(=O)(=O)c1cc(C(=O)NCCCn2ccnc2)n(C)c1. The van der Waals surface area contributed by atoms with Crippen LogP contribution in [0.3, 0.4) is 0 Å². The average molecular weight is 325 g/mol. The molecule has 0 atom stereocenters. The van der Waals surface area contributed by atoms with E-state index in [9.17, 15) is 13.2 Å². The second-order valence-corrected chi connectivity index (χ2v) is 6.68. The van der Waals surface area contributed by atoms with Crippen molar-refractivity contribution in [3.63, 3.8) is 0 Å². The number of carbonyl (C=O) groups excluding carboxylic acids is 1. The molecule has 8 nitrogen and oxygen atoms in total. The molecule has 9 heteroatoms. The standard InChI is InChI=1S/C13H19N5O3S/c1-14-22(20,21)11-8-12(17(2)9-11)13(19)16-4-3-6-18-7-5-15-10-18/h5,7-10,14H,3-4,6H2,1-2H3,(H,16,19). The Kier molecular flexibility index (Phi) is 4.99. The highest BCUT2D eigenvalue weighted by molar-refractivity contribution is 7.89. The van der Waals surface area contributed by atoms with E-state index in [-0.39, 0.29) is 10.8 Å². The molecule has 0 bridgehead atoms. The Balaban J connectivity index is 1.92. The summed E-state index contributed by atoms with van der Waals surface area (Å²) in [6, 6.07) is 1.36. The van der Waals surface area contributed by atoms with Crippen LogP contribution in [0.1, 0.15) is 16.9 Å². The molecule has 2 aromatic rings. The Bertz CT molecular complexity index is 734. The van der Waals surface area contributed by atoms with Gasteiger partial charge in [-0.2, -0.15) is 0 Å². The van der Waals surface area contributed by atoms with Gasteiger partial charge in [-0.3, -0.25) is 4.79 Å². The molecule has 0 unspecified atom stereocenters. The molecule has 0 fully saturated rings. The molecule has 1 amide bonds. The number of rotatable bonds is 7. The van der Waals surface area contributed by atoms with Crippen molar-refractivity contribution >= 4 is 15.9 Å². The number of nitrogens with zero attached hydrogens (tertiary/aromatic N) is 3. The maximum absolute atomic E-state index is 12.1. The van der Waals surface area contributed by atoms with Crippen LogP contribution in [0.25, 0.3) is 0 Å². The maximum Gasteiger partial charge on any atom is 0.267 e. The molecule has 2 aromatic heterocycles. The summed E-state index contributed by atoms with van der Waals surface area (Å²) in [5.74, 6) is -0.300. The Morgan fingerprint density at radius 1 is 1.41 bits per heavy atom. The van der Waals surface area contributed by atoms with Gasteiger partial charge in [0, 0.05) is 38.7 Å². The number of imidazole rings is 1. The van der Waals surface area contributed by atoms with Gasteiger partial charge < -0.3 is 14.5 Å². The highest BCUT2D eigenvalue weighted by Gasteiger charge is 2.18. The lowest BCUT2D eigenvalue weighted by molar-refractivity contribution is 0.0944. The molecule has 0 aromatic carbocycles. The molecule has 2 rings (SSSR count). The van der Waals surface area contributed by atoms with Gasteiger partial charge in [-0.15, -0.1) is 0 Å². The van der Waals surface area contributed by atoms with Crippen molar-refractivity contribution in [3.8, 4) is 0 Å². The van der Waals surface area contributed by atoms with E-state index in [2.05, 4.69) is 15.0 Å². The van der Waals surface area contributed by atoms with Crippen LogP contribution in [-0.4, -0.2) is 42.0 Å². The zero-order chi connectivity index (χ0) is 16.2. The first-order chi connectivity index (χ1) is 10.4. The van der Waals surface area contributed by atoms with Gasteiger partial charge in [0.15, 0.2) is 0 Å². The van der Waals surface area contributed by atoms with Crippen LogP contribution in [-0.2, 0) is 23.6 Å². The van der Waals surface area contributed by atoms with Crippen molar-refractivity contribution < 1.29 is 13.2 Å². The van der Waals surface area contributed by atoms with E-state index in [1.807, 2.05) is 10.8 Å². The minimum atomic E-state index is -3.55. The van der Waals surface area contributed by atoms with Crippen LogP contribution in [0.2, 0.25) is 0 Å². The van der Waals surface area contributed by atoms with Crippen molar-refractivity contribution in [2.75, 3.05) is 13.6 Å². The fourth-order valence-corrected chi connectivity index (χ4v) is 2.80. The van der Waals surface area contributed by atoms with E-state index in [0.29, 0.717) is 12.2 Å². The Labute approximate surface area is 129 Å². The third-order valence-corrected chi connectivity index (χ3v) is 4.61. The molecule has 0 aliphatic rings. The van der Waals surface area contributed by atoms with E-state index >= 15 is 0 Å². The van der Waals surface area contributed by atoms with Crippen molar-refractivity contribution in [2.24, 2.45) is 7.05 Å². The van der Waals surface area contributed by atoms with Gasteiger partial charge in [-0.05, 0) is 19.5 Å².